The molecule has 0 N–H and O–H groups in total. The van der Waals surface area contributed by atoms with Crippen molar-refractivity contribution < 1.29 is 23.9 Å². The molecule has 1 aliphatic carbocycles. The lowest BCUT2D eigenvalue weighted by molar-refractivity contribution is 0.0665. The van der Waals surface area contributed by atoms with Crippen molar-refractivity contribution in [3.63, 3.8) is 0 Å². The van der Waals surface area contributed by atoms with Gasteiger partial charge in [-0.25, -0.2) is 0 Å². The maximum absolute atomic E-state index is 14.8. The highest BCUT2D eigenvalue weighted by Gasteiger charge is 2.72. The van der Waals surface area contributed by atoms with Crippen LogP contribution in [0.5, 0.6) is 11.5 Å². The van der Waals surface area contributed by atoms with E-state index in [1.807, 2.05) is 41.3 Å². The lowest BCUT2D eigenvalue weighted by Gasteiger charge is -2.37. The number of para-hydroxylation sites is 1. The van der Waals surface area contributed by atoms with E-state index in [-0.39, 0.29) is 17.3 Å². The van der Waals surface area contributed by atoms with Crippen molar-refractivity contribution in [1.29, 1.82) is 0 Å². The number of Topliss-reactive ketones (excluding diaryl/α,β-unsaturated/α-hetero) is 3. The molecule has 0 unspecified atom stereocenters. The summed E-state index contributed by atoms with van der Waals surface area (Å²) in [5, 5.41) is 0.300. The summed E-state index contributed by atoms with van der Waals surface area (Å²) in [7, 11) is 3.08. The van der Waals surface area contributed by atoms with Gasteiger partial charge in [0.2, 0.25) is 0 Å². The van der Waals surface area contributed by atoms with Gasteiger partial charge in [0.1, 0.15) is 23.0 Å². The highest BCUT2D eigenvalue weighted by Crippen LogP contribution is 2.62. The molecule has 1 spiro atoms. The van der Waals surface area contributed by atoms with Crippen molar-refractivity contribution in [2.45, 2.75) is 18.0 Å². The average molecular weight is 576 g/mol. The first kappa shape index (κ1) is 26.2. The number of carbonyl (C=O) groups is 3. The summed E-state index contributed by atoms with van der Waals surface area (Å²) >= 11 is 6.62. The zero-order chi connectivity index (χ0) is 29.2. The third kappa shape index (κ3) is 3.42. The fourth-order valence-corrected chi connectivity index (χ4v) is 7.39. The molecular formula is C35H26ClNO5. The van der Waals surface area contributed by atoms with Crippen LogP contribution in [-0.4, -0.2) is 43.7 Å². The number of ketones is 3. The molecule has 7 heteroatoms. The summed E-state index contributed by atoms with van der Waals surface area (Å²) in [5.74, 6) is -0.849. The number of ether oxygens (including phenoxy) is 2. The van der Waals surface area contributed by atoms with Gasteiger partial charge in [-0.3, -0.25) is 14.4 Å². The molecule has 2 heterocycles. The molecule has 208 valence electrons. The highest BCUT2D eigenvalue weighted by atomic mass is 35.5. The van der Waals surface area contributed by atoms with Gasteiger partial charge in [-0.1, -0.05) is 84.4 Å². The van der Waals surface area contributed by atoms with Crippen molar-refractivity contribution in [3.8, 4) is 11.5 Å². The predicted octanol–water partition coefficient (Wildman–Crippen LogP) is 6.67. The number of benzene rings is 4. The quantitative estimate of drug-likeness (QED) is 0.195. The number of hydrogen-bond acceptors (Lipinski definition) is 6. The Morgan fingerprint density at radius 1 is 0.833 bits per heavy atom. The first-order valence-electron chi connectivity index (χ1n) is 13.7. The SMILES string of the molecule is COc1ccc([C@H]2[C@H](C(=O)c3ccccc3Cl)N3c4ccccc4C=C[C@H]3C23C(=O)c2ccccc2C3=O)c(OC)c1. The normalized spacial score (nSPS) is 21.2. The molecule has 1 fully saturated rings. The molecule has 3 atom stereocenters. The van der Waals surface area contributed by atoms with E-state index in [0.717, 1.165) is 11.3 Å². The Morgan fingerprint density at radius 3 is 2.19 bits per heavy atom. The van der Waals surface area contributed by atoms with Crippen LogP contribution in [0.1, 0.15) is 48.1 Å². The molecule has 2 aliphatic heterocycles. The van der Waals surface area contributed by atoms with Gasteiger partial charge in [0.25, 0.3) is 0 Å². The molecule has 0 bridgehead atoms. The van der Waals surface area contributed by atoms with Crippen LogP contribution in [0.2, 0.25) is 5.02 Å². The van der Waals surface area contributed by atoms with E-state index >= 15 is 0 Å². The number of rotatable bonds is 5. The zero-order valence-corrected chi connectivity index (χ0v) is 23.7. The van der Waals surface area contributed by atoms with Crippen LogP contribution in [0, 0.1) is 5.41 Å². The summed E-state index contributed by atoms with van der Waals surface area (Å²) in [5.41, 5.74) is 1.62. The smallest absolute Gasteiger partial charge is 0.187 e. The molecule has 0 aromatic heterocycles. The number of methoxy groups -OCH3 is 2. The van der Waals surface area contributed by atoms with E-state index in [4.69, 9.17) is 21.1 Å². The first-order valence-corrected chi connectivity index (χ1v) is 14.1. The molecule has 7 rings (SSSR count). The van der Waals surface area contributed by atoms with E-state index in [9.17, 15) is 14.4 Å². The Hall–Kier alpha value is -4.68. The highest BCUT2D eigenvalue weighted by molar-refractivity contribution is 6.35. The second-order valence-electron chi connectivity index (χ2n) is 10.7. The van der Waals surface area contributed by atoms with Crippen LogP contribution in [0.15, 0.2) is 97.1 Å². The number of halogens is 1. The summed E-state index contributed by atoms with van der Waals surface area (Å²) in [4.78, 5) is 46.4. The number of anilines is 1. The van der Waals surface area contributed by atoms with Gasteiger partial charge < -0.3 is 14.4 Å². The lowest BCUT2D eigenvalue weighted by Crippen LogP contribution is -2.48. The molecule has 6 nitrogen and oxygen atoms in total. The molecule has 4 aromatic rings. The monoisotopic (exact) mass is 575 g/mol. The number of carbonyl (C=O) groups excluding carboxylic acids is 3. The molecule has 0 amide bonds. The Labute approximate surface area is 248 Å². The molecular weight excluding hydrogens is 550 g/mol. The van der Waals surface area contributed by atoms with Crippen molar-refractivity contribution in [3.05, 3.63) is 130 Å². The van der Waals surface area contributed by atoms with Gasteiger partial charge in [0.15, 0.2) is 17.3 Å². The molecule has 0 saturated carbocycles. The number of fused-ring (bicyclic) bond motifs is 5. The van der Waals surface area contributed by atoms with Gasteiger partial charge in [0.05, 0.1) is 25.3 Å². The van der Waals surface area contributed by atoms with Crippen molar-refractivity contribution in [2.75, 3.05) is 19.1 Å². The third-order valence-corrected chi connectivity index (χ3v) is 9.23. The summed E-state index contributed by atoms with van der Waals surface area (Å²) < 4.78 is 11.3. The fraction of sp³-hybridized carbons (Fsp3) is 0.171. The minimum absolute atomic E-state index is 0.285. The van der Waals surface area contributed by atoms with Crippen LogP contribution in [0.4, 0.5) is 5.69 Å². The van der Waals surface area contributed by atoms with Crippen LogP contribution in [0.3, 0.4) is 0 Å². The predicted molar refractivity (Wildman–Crippen MR) is 161 cm³/mol. The van der Waals surface area contributed by atoms with E-state index in [2.05, 4.69) is 0 Å². The largest absolute Gasteiger partial charge is 0.497 e. The third-order valence-electron chi connectivity index (χ3n) is 8.90. The minimum atomic E-state index is -1.64. The summed E-state index contributed by atoms with van der Waals surface area (Å²) in [6.45, 7) is 0. The standard InChI is InChI=1S/C35H26ClNO5/c1-41-21-16-17-25(28(19-21)42-2)30-31(32(38)24-12-6-7-13-26(24)36)37-27-14-8-3-9-20(27)15-18-29(37)35(30)33(39)22-10-4-5-11-23(22)34(35)40/h3-19,29-31H,1-2H3/t29-,30-,31+/m0/s1. The van der Waals surface area contributed by atoms with Gasteiger partial charge in [-0.05, 0) is 29.8 Å². The van der Waals surface area contributed by atoms with Gasteiger partial charge in [-0.2, -0.15) is 0 Å². The van der Waals surface area contributed by atoms with Gasteiger partial charge >= 0.3 is 0 Å². The molecule has 0 radical (unpaired) electrons. The Bertz CT molecular complexity index is 1790. The number of hydrogen-bond donors (Lipinski definition) is 0. The summed E-state index contributed by atoms with van der Waals surface area (Å²) in [6, 6.07) is 25.1. The van der Waals surface area contributed by atoms with Crippen LogP contribution in [-0.2, 0) is 0 Å². The van der Waals surface area contributed by atoms with Crippen molar-refractivity contribution >= 4 is 40.7 Å². The maximum Gasteiger partial charge on any atom is 0.187 e. The fourth-order valence-electron chi connectivity index (χ4n) is 7.16. The second kappa shape index (κ2) is 9.71. The Balaban J connectivity index is 1.58. The van der Waals surface area contributed by atoms with Crippen LogP contribution >= 0.6 is 11.6 Å². The van der Waals surface area contributed by atoms with E-state index < -0.39 is 23.4 Å². The maximum atomic E-state index is 14.8. The van der Waals surface area contributed by atoms with Gasteiger partial charge in [0, 0.05) is 39.9 Å². The van der Waals surface area contributed by atoms with E-state index in [1.54, 1.807) is 73.8 Å². The molecule has 4 aromatic carbocycles. The van der Waals surface area contributed by atoms with Crippen molar-refractivity contribution in [1.82, 2.24) is 0 Å². The zero-order valence-electron chi connectivity index (χ0n) is 22.9. The first-order chi connectivity index (χ1) is 20.4. The van der Waals surface area contributed by atoms with E-state index in [1.165, 1.54) is 7.11 Å². The van der Waals surface area contributed by atoms with Crippen LogP contribution < -0.4 is 14.4 Å². The van der Waals surface area contributed by atoms with E-state index in [0.29, 0.717) is 38.8 Å². The summed E-state index contributed by atoms with van der Waals surface area (Å²) in [6.07, 6.45) is 3.83. The molecule has 3 aliphatic rings. The number of nitrogens with zero attached hydrogens (tertiary/aromatic N) is 1. The minimum Gasteiger partial charge on any atom is -0.497 e. The van der Waals surface area contributed by atoms with Crippen LogP contribution in [0.25, 0.3) is 6.08 Å². The van der Waals surface area contributed by atoms with Gasteiger partial charge in [-0.15, -0.1) is 0 Å². The topological polar surface area (TPSA) is 72.9 Å². The molecule has 1 saturated heterocycles. The lowest BCUT2D eigenvalue weighted by atomic mass is 9.64. The second-order valence-corrected chi connectivity index (χ2v) is 11.1. The van der Waals surface area contributed by atoms with Crippen molar-refractivity contribution in [2.24, 2.45) is 5.41 Å². The average Bonchev–Trinajstić information content (AvgIpc) is 3.46. The Kier molecular flexibility index (Phi) is 6.06. The molecule has 42 heavy (non-hydrogen) atoms. The Morgan fingerprint density at radius 2 is 1.50 bits per heavy atom.